The zero-order valence-electron chi connectivity index (χ0n) is 13.4. The van der Waals surface area contributed by atoms with Crippen molar-refractivity contribution in [2.24, 2.45) is 16.6 Å². The summed E-state index contributed by atoms with van der Waals surface area (Å²) >= 11 is 7.51. The zero-order chi connectivity index (χ0) is 18.0. The van der Waals surface area contributed by atoms with E-state index in [9.17, 15) is 14.9 Å². The first-order chi connectivity index (χ1) is 12.0. The summed E-state index contributed by atoms with van der Waals surface area (Å²) in [4.78, 5) is 28.3. The standard InChI is InChI=1S/C18H16ClN3O2S/c19-12-5-2-1-4-10(12)16-11(8-20)18(25-9-15(21)24)22-13-6-3-7-14(23)17(13)16/h1-2,4-5,16-17H,3,6-7,9H2,(H2,21,24)/t16-,17-/m0/s1. The molecular weight excluding hydrogens is 358 g/mol. The Morgan fingerprint density at radius 1 is 1.36 bits per heavy atom. The molecule has 7 heteroatoms. The van der Waals surface area contributed by atoms with Gasteiger partial charge in [0.25, 0.3) is 0 Å². The maximum Gasteiger partial charge on any atom is 0.227 e. The molecule has 0 radical (unpaired) electrons. The summed E-state index contributed by atoms with van der Waals surface area (Å²) in [7, 11) is 0. The average Bonchev–Trinajstić information content (AvgIpc) is 2.59. The number of nitrogens with zero attached hydrogens (tertiary/aromatic N) is 2. The Morgan fingerprint density at radius 3 is 2.80 bits per heavy atom. The molecule has 2 N–H and O–H groups in total. The summed E-state index contributed by atoms with van der Waals surface area (Å²) in [6.45, 7) is 0. The Morgan fingerprint density at radius 2 is 2.12 bits per heavy atom. The number of nitrogens with two attached hydrogens (primary N) is 1. The van der Waals surface area contributed by atoms with Gasteiger partial charge < -0.3 is 5.73 Å². The van der Waals surface area contributed by atoms with Gasteiger partial charge in [0.1, 0.15) is 10.8 Å². The maximum atomic E-state index is 12.6. The lowest BCUT2D eigenvalue weighted by atomic mass is 9.70. The van der Waals surface area contributed by atoms with Crippen molar-refractivity contribution in [3.05, 3.63) is 45.5 Å². The van der Waals surface area contributed by atoms with Crippen molar-refractivity contribution in [2.75, 3.05) is 5.75 Å². The first-order valence-electron chi connectivity index (χ1n) is 7.93. The number of benzene rings is 1. The summed E-state index contributed by atoms with van der Waals surface area (Å²) in [6.07, 6.45) is 1.93. The number of ketones is 1. The van der Waals surface area contributed by atoms with Crippen LogP contribution < -0.4 is 5.73 Å². The van der Waals surface area contributed by atoms with Crippen LogP contribution in [-0.2, 0) is 9.59 Å². The fourth-order valence-electron chi connectivity index (χ4n) is 3.36. The van der Waals surface area contributed by atoms with E-state index in [1.54, 1.807) is 6.07 Å². The maximum absolute atomic E-state index is 12.6. The van der Waals surface area contributed by atoms with E-state index in [2.05, 4.69) is 11.1 Å². The number of carbonyl (C=O) groups excluding carboxylic acids is 2. The highest BCUT2D eigenvalue weighted by atomic mass is 35.5. The van der Waals surface area contributed by atoms with Gasteiger partial charge >= 0.3 is 0 Å². The van der Waals surface area contributed by atoms with Crippen LogP contribution in [0.5, 0.6) is 0 Å². The van der Waals surface area contributed by atoms with Gasteiger partial charge in [-0.25, -0.2) is 4.99 Å². The topological polar surface area (TPSA) is 96.3 Å². The van der Waals surface area contributed by atoms with Crippen molar-refractivity contribution in [1.29, 1.82) is 5.26 Å². The number of Topliss-reactive ketones (excluding diaryl/α,β-unsaturated/α-hetero) is 1. The van der Waals surface area contributed by atoms with Crippen molar-refractivity contribution in [3.8, 4) is 6.07 Å². The van der Waals surface area contributed by atoms with Crippen LogP contribution in [0, 0.1) is 17.2 Å². The van der Waals surface area contributed by atoms with Crippen LogP contribution in [0.3, 0.4) is 0 Å². The largest absolute Gasteiger partial charge is 0.369 e. The molecule has 3 rings (SSSR count). The number of aliphatic imine (C=N–C) groups is 1. The van der Waals surface area contributed by atoms with E-state index < -0.39 is 17.7 Å². The van der Waals surface area contributed by atoms with Crippen LogP contribution in [-0.4, -0.2) is 23.2 Å². The van der Waals surface area contributed by atoms with Gasteiger partial charge in [-0.15, -0.1) is 0 Å². The lowest BCUT2D eigenvalue weighted by Crippen LogP contribution is -2.37. The Labute approximate surface area is 154 Å². The van der Waals surface area contributed by atoms with E-state index in [0.717, 1.165) is 29.5 Å². The van der Waals surface area contributed by atoms with E-state index >= 15 is 0 Å². The van der Waals surface area contributed by atoms with Crippen LogP contribution in [0.15, 0.2) is 39.9 Å². The molecule has 1 heterocycles. The molecule has 1 aromatic rings. The van der Waals surface area contributed by atoms with Crippen molar-refractivity contribution in [2.45, 2.75) is 25.2 Å². The van der Waals surface area contributed by atoms with Crippen LogP contribution in [0.4, 0.5) is 0 Å². The highest BCUT2D eigenvalue weighted by Crippen LogP contribution is 2.46. The van der Waals surface area contributed by atoms with E-state index in [4.69, 9.17) is 17.3 Å². The summed E-state index contributed by atoms with van der Waals surface area (Å²) in [5.41, 5.74) is 7.12. The van der Waals surface area contributed by atoms with Gasteiger partial charge in [0.05, 0.1) is 23.3 Å². The molecule has 128 valence electrons. The molecule has 2 atom stereocenters. The molecule has 0 aromatic heterocycles. The molecule has 1 saturated carbocycles. The number of carbonyl (C=O) groups is 2. The van der Waals surface area contributed by atoms with Crippen LogP contribution >= 0.6 is 23.4 Å². The average molecular weight is 374 g/mol. The van der Waals surface area contributed by atoms with Gasteiger partial charge in [-0.05, 0) is 24.5 Å². The highest BCUT2D eigenvalue weighted by Gasteiger charge is 2.42. The van der Waals surface area contributed by atoms with Gasteiger partial charge in [-0.2, -0.15) is 5.26 Å². The Hall–Kier alpha value is -2.10. The van der Waals surface area contributed by atoms with Crippen molar-refractivity contribution in [1.82, 2.24) is 0 Å². The summed E-state index contributed by atoms with van der Waals surface area (Å²) in [5, 5.41) is 10.7. The lowest BCUT2D eigenvalue weighted by Gasteiger charge is -2.34. The number of hydrogen-bond acceptors (Lipinski definition) is 5. The third-order valence-electron chi connectivity index (χ3n) is 4.39. The molecule has 5 nitrogen and oxygen atoms in total. The van der Waals surface area contributed by atoms with Crippen molar-refractivity contribution < 1.29 is 9.59 Å². The van der Waals surface area contributed by atoms with Crippen molar-refractivity contribution >= 4 is 40.8 Å². The minimum Gasteiger partial charge on any atom is -0.369 e. The Kier molecular flexibility index (Phi) is 5.26. The van der Waals surface area contributed by atoms with Crippen LogP contribution in [0.25, 0.3) is 0 Å². The minimum atomic E-state index is -0.480. The molecule has 25 heavy (non-hydrogen) atoms. The van der Waals surface area contributed by atoms with E-state index in [1.165, 1.54) is 0 Å². The first kappa shape index (κ1) is 17.7. The highest BCUT2D eigenvalue weighted by molar-refractivity contribution is 8.03. The number of fused-ring (bicyclic) bond motifs is 1. The number of hydrogen-bond donors (Lipinski definition) is 1. The molecule has 1 aromatic carbocycles. The predicted octanol–water partition coefficient (Wildman–Crippen LogP) is 3.20. The fraction of sp³-hybridized carbons (Fsp3) is 0.333. The van der Waals surface area contributed by atoms with E-state index in [-0.39, 0.29) is 11.5 Å². The van der Waals surface area contributed by atoms with E-state index in [1.807, 2.05) is 18.2 Å². The number of halogens is 1. The molecule has 0 bridgehead atoms. The Bertz CT molecular complexity index is 841. The summed E-state index contributed by atoms with van der Waals surface area (Å²) in [5.74, 6) is -1.28. The molecule has 1 amide bonds. The second kappa shape index (κ2) is 7.42. The van der Waals surface area contributed by atoms with Crippen molar-refractivity contribution in [3.63, 3.8) is 0 Å². The number of primary amides is 1. The monoisotopic (exact) mass is 373 g/mol. The summed E-state index contributed by atoms with van der Waals surface area (Å²) in [6, 6.07) is 9.43. The number of allylic oxidation sites excluding steroid dienone is 1. The predicted molar refractivity (Wildman–Crippen MR) is 98.3 cm³/mol. The van der Waals surface area contributed by atoms with Gasteiger partial charge in [0, 0.05) is 23.1 Å². The molecule has 1 fully saturated rings. The smallest absolute Gasteiger partial charge is 0.227 e. The summed E-state index contributed by atoms with van der Waals surface area (Å²) < 4.78 is 0. The number of rotatable bonds is 4. The van der Waals surface area contributed by atoms with Gasteiger partial charge in [-0.1, -0.05) is 41.6 Å². The quantitative estimate of drug-likeness (QED) is 0.876. The number of thioether (sulfide) groups is 1. The third-order valence-corrected chi connectivity index (χ3v) is 5.75. The zero-order valence-corrected chi connectivity index (χ0v) is 14.9. The molecular formula is C18H16ClN3O2S. The lowest BCUT2D eigenvalue weighted by molar-refractivity contribution is -0.122. The SMILES string of the molecule is N#CC1=C(SCC(N)=O)N=C2CCCC(=O)[C@H]2[C@H]1c1ccccc1Cl. The van der Waals surface area contributed by atoms with Gasteiger partial charge in [-0.3, -0.25) is 9.59 Å². The van der Waals surface area contributed by atoms with Gasteiger partial charge in [0.2, 0.25) is 5.91 Å². The second-order valence-electron chi connectivity index (χ2n) is 5.99. The molecule has 1 aliphatic carbocycles. The van der Waals surface area contributed by atoms with Gasteiger partial charge in [0.15, 0.2) is 0 Å². The van der Waals surface area contributed by atoms with E-state index in [0.29, 0.717) is 28.5 Å². The molecule has 2 aliphatic rings. The molecule has 0 spiro atoms. The number of amides is 1. The normalized spacial score (nSPS) is 22.9. The third kappa shape index (κ3) is 3.48. The first-order valence-corrected chi connectivity index (χ1v) is 9.29. The minimum absolute atomic E-state index is 0.0329. The molecule has 1 aliphatic heterocycles. The second-order valence-corrected chi connectivity index (χ2v) is 7.36. The molecule has 0 saturated heterocycles. The van der Waals surface area contributed by atoms with Crippen LogP contribution in [0.1, 0.15) is 30.7 Å². The van der Waals surface area contributed by atoms with Crippen LogP contribution in [0.2, 0.25) is 5.02 Å². The number of nitriles is 1. The molecule has 0 unspecified atom stereocenters. The Balaban J connectivity index is 2.14. The fourth-order valence-corrected chi connectivity index (χ4v) is 4.41.